The molecule has 2 aromatic rings. The summed E-state index contributed by atoms with van der Waals surface area (Å²) in [5.74, 6) is 1.74. The van der Waals surface area contributed by atoms with Crippen molar-refractivity contribution < 1.29 is 4.39 Å². The van der Waals surface area contributed by atoms with Crippen LogP contribution in [0.3, 0.4) is 0 Å². The first-order valence-electron chi connectivity index (χ1n) is 10.5. The summed E-state index contributed by atoms with van der Waals surface area (Å²) in [6, 6.07) is 6.23. The Balaban J connectivity index is 1.60. The smallest absolute Gasteiger partial charge is 0.252 e. The number of hydrazone groups is 1. The monoisotopic (exact) mass is 397 g/mol. The van der Waals surface area contributed by atoms with Crippen LogP contribution in [0.25, 0.3) is 0 Å². The van der Waals surface area contributed by atoms with Crippen LogP contribution < -0.4 is 14.8 Å². The summed E-state index contributed by atoms with van der Waals surface area (Å²) in [5, 5.41) is 6.12. The molecular formula is C21H28FN7. The van der Waals surface area contributed by atoms with Crippen LogP contribution in [0, 0.1) is 5.82 Å². The predicted octanol–water partition coefficient (Wildman–Crippen LogP) is 3.46. The van der Waals surface area contributed by atoms with Crippen LogP contribution in [0.15, 0.2) is 29.4 Å². The first kappa shape index (κ1) is 19.5. The lowest BCUT2D eigenvalue weighted by molar-refractivity contribution is 0.555. The number of anilines is 3. The molecule has 2 fully saturated rings. The van der Waals surface area contributed by atoms with Gasteiger partial charge in [0.05, 0.1) is 6.21 Å². The van der Waals surface area contributed by atoms with E-state index in [1.54, 1.807) is 23.4 Å². The third-order valence-corrected chi connectivity index (χ3v) is 5.42. The normalized spacial score (nSPS) is 17.7. The van der Waals surface area contributed by atoms with E-state index in [9.17, 15) is 4.39 Å². The molecule has 0 saturated carbocycles. The lowest BCUT2D eigenvalue weighted by Crippen LogP contribution is -2.35. The third-order valence-electron chi connectivity index (χ3n) is 5.42. The molecule has 0 bridgehead atoms. The van der Waals surface area contributed by atoms with Gasteiger partial charge in [0.2, 0.25) is 11.9 Å². The van der Waals surface area contributed by atoms with E-state index >= 15 is 0 Å². The highest BCUT2D eigenvalue weighted by Gasteiger charge is 2.21. The molecular weight excluding hydrogens is 369 g/mol. The quantitative estimate of drug-likeness (QED) is 0.569. The fourth-order valence-electron chi connectivity index (χ4n) is 3.71. The molecule has 8 heteroatoms. The molecule has 0 aliphatic carbocycles. The average Bonchev–Trinajstić information content (AvgIpc) is 2.79. The summed E-state index contributed by atoms with van der Waals surface area (Å²) < 4.78 is 13.1. The Morgan fingerprint density at radius 2 is 1.34 bits per heavy atom. The van der Waals surface area contributed by atoms with E-state index in [-0.39, 0.29) is 5.82 Å². The standard InChI is InChI=1S/C21H28FN7/c1-27(23-16-17-8-10-18(22)11-9-17)19-24-20(28-12-4-2-5-13-28)26-21(25-19)29-14-6-3-7-15-29/h8-11,16H,2-7,12-15H2,1H3. The number of piperidine rings is 2. The molecule has 1 aromatic heterocycles. The molecule has 7 nitrogen and oxygen atoms in total. The van der Waals surface area contributed by atoms with Crippen molar-refractivity contribution in [1.82, 2.24) is 15.0 Å². The minimum absolute atomic E-state index is 0.259. The van der Waals surface area contributed by atoms with Crippen molar-refractivity contribution in [3.05, 3.63) is 35.6 Å². The average molecular weight is 398 g/mol. The Morgan fingerprint density at radius 1 is 0.828 bits per heavy atom. The highest BCUT2D eigenvalue weighted by atomic mass is 19.1. The van der Waals surface area contributed by atoms with Gasteiger partial charge in [-0.3, -0.25) is 0 Å². The largest absolute Gasteiger partial charge is 0.341 e. The molecule has 0 N–H and O–H groups in total. The molecule has 29 heavy (non-hydrogen) atoms. The van der Waals surface area contributed by atoms with Crippen molar-refractivity contribution in [3.8, 4) is 0 Å². The first-order chi connectivity index (χ1) is 14.2. The molecule has 0 atom stereocenters. The number of benzene rings is 1. The Morgan fingerprint density at radius 3 is 1.86 bits per heavy atom. The van der Waals surface area contributed by atoms with E-state index in [4.69, 9.17) is 15.0 Å². The number of hydrogen-bond acceptors (Lipinski definition) is 7. The van der Waals surface area contributed by atoms with Crippen LogP contribution in [0.5, 0.6) is 0 Å². The number of rotatable bonds is 5. The van der Waals surface area contributed by atoms with E-state index in [1.165, 1.54) is 50.7 Å². The van der Waals surface area contributed by atoms with Crippen molar-refractivity contribution in [1.29, 1.82) is 0 Å². The van der Waals surface area contributed by atoms with Crippen molar-refractivity contribution in [2.75, 3.05) is 48.0 Å². The molecule has 2 aliphatic rings. The minimum atomic E-state index is -0.259. The fourth-order valence-corrected chi connectivity index (χ4v) is 3.71. The molecule has 0 spiro atoms. The fraction of sp³-hybridized carbons (Fsp3) is 0.524. The highest BCUT2D eigenvalue weighted by Crippen LogP contribution is 2.23. The summed E-state index contributed by atoms with van der Waals surface area (Å²) >= 11 is 0. The van der Waals surface area contributed by atoms with Gasteiger partial charge in [0.25, 0.3) is 5.95 Å². The number of halogens is 1. The van der Waals surface area contributed by atoms with Crippen molar-refractivity contribution >= 4 is 24.1 Å². The van der Waals surface area contributed by atoms with Gasteiger partial charge >= 0.3 is 0 Å². The summed E-state index contributed by atoms with van der Waals surface area (Å²) in [6.07, 6.45) is 8.86. The molecule has 0 radical (unpaired) electrons. The summed E-state index contributed by atoms with van der Waals surface area (Å²) in [5.41, 5.74) is 0.819. The second kappa shape index (κ2) is 9.15. The molecule has 0 amide bonds. The van der Waals surface area contributed by atoms with E-state index in [0.717, 1.165) is 43.6 Å². The van der Waals surface area contributed by atoms with Crippen molar-refractivity contribution in [3.63, 3.8) is 0 Å². The van der Waals surface area contributed by atoms with Gasteiger partial charge in [-0.2, -0.15) is 20.1 Å². The maximum atomic E-state index is 13.1. The van der Waals surface area contributed by atoms with E-state index in [0.29, 0.717) is 5.95 Å². The maximum absolute atomic E-state index is 13.1. The molecule has 2 saturated heterocycles. The number of aromatic nitrogens is 3. The Hall–Kier alpha value is -2.77. The third kappa shape index (κ3) is 4.99. The molecule has 4 rings (SSSR count). The SMILES string of the molecule is CN(N=Cc1ccc(F)cc1)c1nc(N2CCCCC2)nc(N2CCCCC2)n1. The molecule has 3 heterocycles. The zero-order valence-corrected chi connectivity index (χ0v) is 17.0. The Labute approximate surface area is 171 Å². The van der Waals surface area contributed by atoms with Gasteiger partial charge in [0.1, 0.15) is 5.82 Å². The minimum Gasteiger partial charge on any atom is -0.341 e. The maximum Gasteiger partial charge on any atom is 0.252 e. The summed E-state index contributed by atoms with van der Waals surface area (Å²) in [4.78, 5) is 18.7. The van der Waals surface area contributed by atoms with Crippen LogP contribution in [-0.4, -0.2) is 54.4 Å². The molecule has 154 valence electrons. The van der Waals surface area contributed by atoms with E-state index < -0.39 is 0 Å². The van der Waals surface area contributed by atoms with Gasteiger partial charge in [-0.1, -0.05) is 12.1 Å². The van der Waals surface area contributed by atoms with Crippen LogP contribution in [-0.2, 0) is 0 Å². The zero-order valence-electron chi connectivity index (χ0n) is 17.0. The summed E-state index contributed by atoms with van der Waals surface area (Å²) in [6.45, 7) is 3.91. The van der Waals surface area contributed by atoms with E-state index in [1.807, 2.05) is 7.05 Å². The van der Waals surface area contributed by atoms with Gasteiger partial charge < -0.3 is 9.80 Å². The first-order valence-corrected chi connectivity index (χ1v) is 10.5. The second-order valence-corrected chi connectivity index (χ2v) is 7.65. The molecule has 0 unspecified atom stereocenters. The van der Waals surface area contributed by atoms with Crippen molar-refractivity contribution in [2.24, 2.45) is 5.10 Å². The predicted molar refractivity (Wildman–Crippen MR) is 114 cm³/mol. The van der Waals surface area contributed by atoms with Crippen LogP contribution >= 0.6 is 0 Å². The highest BCUT2D eigenvalue weighted by molar-refractivity contribution is 5.80. The second-order valence-electron chi connectivity index (χ2n) is 7.65. The Kier molecular flexibility index (Phi) is 6.17. The van der Waals surface area contributed by atoms with Gasteiger partial charge in [0.15, 0.2) is 0 Å². The topological polar surface area (TPSA) is 60.8 Å². The Bertz CT molecular complexity index is 791. The van der Waals surface area contributed by atoms with Crippen LogP contribution in [0.1, 0.15) is 44.1 Å². The van der Waals surface area contributed by atoms with Gasteiger partial charge in [0, 0.05) is 33.2 Å². The summed E-state index contributed by atoms with van der Waals surface area (Å²) in [7, 11) is 1.83. The van der Waals surface area contributed by atoms with Gasteiger partial charge in [-0.25, -0.2) is 9.40 Å². The molecule has 1 aromatic carbocycles. The number of hydrogen-bond donors (Lipinski definition) is 0. The number of nitrogens with zero attached hydrogens (tertiary/aromatic N) is 7. The van der Waals surface area contributed by atoms with Gasteiger partial charge in [-0.05, 0) is 56.2 Å². The van der Waals surface area contributed by atoms with Crippen LogP contribution in [0.2, 0.25) is 0 Å². The molecule has 2 aliphatic heterocycles. The van der Waals surface area contributed by atoms with Crippen molar-refractivity contribution in [2.45, 2.75) is 38.5 Å². The van der Waals surface area contributed by atoms with Gasteiger partial charge in [-0.15, -0.1) is 0 Å². The van der Waals surface area contributed by atoms with Crippen LogP contribution in [0.4, 0.5) is 22.2 Å². The lowest BCUT2D eigenvalue weighted by Gasteiger charge is -2.30. The van der Waals surface area contributed by atoms with E-state index in [2.05, 4.69) is 14.9 Å². The lowest BCUT2D eigenvalue weighted by atomic mass is 10.1. The zero-order chi connectivity index (χ0) is 20.1.